The minimum absolute atomic E-state index is 0.106. The molecule has 0 radical (unpaired) electrons. The highest BCUT2D eigenvalue weighted by molar-refractivity contribution is 7.99. The SMILES string of the molecule is CCOC(=O)c1ccc(NC(=O)CCSc2nnc3ccc4ccccc4n23)cc1. The number of esters is 1. The average molecular weight is 420 g/mol. The van der Waals surface area contributed by atoms with Gasteiger partial charge in [0.15, 0.2) is 10.8 Å². The van der Waals surface area contributed by atoms with Crippen LogP contribution in [0.1, 0.15) is 23.7 Å². The molecule has 0 bridgehead atoms. The number of pyridine rings is 1. The topological polar surface area (TPSA) is 85.6 Å². The summed E-state index contributed by atoms with van der Waals surface area (Å²) in [5, 5.41) is 13.2. The van der Waals surface area contributed by atoms with Crippen LogP contribution in [0, 0.1) is 0 Å². The van der Waals surface area contributed by atoms with Crippen LogP contribution in [0.3, 0.4) is 0 Å². The fraction of sp³-hybridized carbons (Fsp3) is 0.182. The van der Waals surface area contributed by atoms with Gasteiger partial charge in [0.2, 0.25) is 5.91 Å². The number of anilines is 1. The van der Waals surface area contributed by atoms with Crippen LogP contribution in [0.15, 0.2) is 65.8 Å². The van der Waals surface area contributed by atoms with E-state index in [2.05, 4.69) is 15.5 Å². The molecule has 0 fully saturated rings. The van der Waals surface area contributed by atoms with Crippen LogP contribution in [0.4, 0.5) is 5.69 Å². The highest BCUT2D eigenvalue weighted by Crippen LogP contribution is 2.23. The first-order valence-corrected chi connectivity index (χ1v) is 10.6. The molecule has 0 atom stereocenters. The van der Waals surface area contributed by atoms with Crippen molar-refractivity contribution in [3.05, 3.63) is 66.2 Å². The zero-order chi connectivity index (χ0) is 20.9. The zero-order valence-corrected chi connectivity index (χ0v) is 17.2. The van der Waals surface area contributed by atoms with E-state index in [1.165, 1.54) is 11.8 Å². The summed E-state index contributed by atoms with van der Waals surface area (Å²) in [4.78, 5) is 24.0. The number of rotatable bonds is 7. The molecule has 1 N–H and O–H groups in total. The Morgan fingerprint density at radius 1 is 1.03 bits per heavy atom. The van der Waals surface area contributed by atoms with Crippen LogP contribution < -0.4 is 5.32 Å². The summed E-state index contributed by atoms with van der Waals surface area (Å²) in [5.41, 5.74) is 2.91. The van der Waals surface area contributed by atoms with Gasteiger partial charge >= 0.3 is 5.97 Å². The minimum Gasteiger partial charge on any atom is -0.462 e. The van der Waals surface area contributed by atoms with Crippen molar-refractivity contribution >= 4 is 45.9 Å². The van der Waals surface area contributed by atoms with Crippen LogP contribution in [0.5, 0.6) is 0 Å². The number of ether oxygens (including phenoxy) is 1. The predicted octanol–water partition coefficient (Wildman–Crippen LogP) is 4.18. The molecule has 4 aromatic rings. The van der Waals surface area contributed by atoms with Crippen LogP contribution in [-0.2, 0) is 9.53 Å². The van der Waals surface area contributed by atoms with Gasteiger partial charge in [-0.15, -0.1) is 10.2 Å². The van der Waals surface area contributed by atoms with Crippen LogP contribution in [0.2, 0.25) is 0 Å². The Labute approximate surface area is 177 Å². The summed E-state index contributed by atoms with van der Waals surface area (Å²) in [7, 11) is 0. The molecule has 0 unspecified atom stereocenters. The Hall–Kier alpha value is -3.39. The monoisotopic (exact) mass is 420 g/mol. The number of benzene rings is 2. The van der Waals surface area contributed by atoms with Crippen LogP contribution >= 0.6 is 11.8 Å². The number of carbonyl (C=O) groups excluding carboxylic acids is 2. The lowest BCUT2D eigenvalue weighted by Crippen LogP contribution is -2.12. The molecule has 2 heterocycles. The third kappa shape index (κ3) is 4.28. The van der Waals surface area contributed by atoms with Gasteiger partial charge in [-0.3, -0.25) is 9.20 Å². The molecule has 0 saturated carbocycles. The third-order valence-electron chi connectivity index (χ3n) is 4.49. The molecule has 4 rings (SSSR count). The van der Waals surface area contributed by atoms with Crippen molar-refractivity contribution in [3.63, 3.8) is 0 Å². The van der Waals surface area contributed by atoms with E-state index in [1.54, 1.807) is 31.2 Å². The molecule has 30 heavy (non-hydrogen) atoms. The van der Waals surface area contributed by atoms with E-state index in [1.807, 2.05) is 40.8 Å². The molecule has 7 nitrogen and oxygen atoms in total. The van der Waals surface area contributed by atoms with Crippen molar-refractivity contribution in [1.29, 1.82) is 0 Å². The zero-order valence-electron chi connectivity index (χ0n) is 16.4. The highest BCUT2D eigenvalue weighted by Gasteiger charge is 2.11. The molecule has 8 heteroatoms. The van der Waals surface area contributed by atoms with Crippen molar-refractivity contribution in [2.24, 2.45) is 0 Å². The molecule has 0 spiro atoms. The fourth-order valence-electron chi connectivity index (χ4n) is 3.07. The standard InChI is InChI=1S/C22H20N4O3S/c1-2-29-21(28)16-7-10-17(11-8-16)23-20(27)13-14-30-22-25-24-19-12-9-15-5-3-4-6-18(15)26(19)22/h3-12H,2,13-14H2,1H3,(H,23,27). The number of amides is 1. The van der Waals surface area contributed by atoms with Gasteiger partial charge in [-0.1, -0.05) is 30.0 Å². The number of para-hydroxylation sites is 1. The Balaban J connectivity index is 1.36. The number of carbonyl (C=O) groups is 2. The predicted molar refractivity (Wildman–Crippen MR) is 117 cm³/mol. The van der Waals surface area contributed by atoms with Crippen molar-refractivity contribution in [1.82, 2.24) is 14.6 Å². The summed E-state index contributed by atoms with van der Waals surface area (Å²) in [6.45, 7) is 2.08. The molecule has 2 aromatic carbocycles. The van der Waals surface area contributed by atoms with Crippen molar-refractivity contribution < 1.29 is 14.3 Å². The van der Waals surface area contributed by atoms with E-state index in [0.717, 1.165) is 21.7 Å². The molecule has 152 valence electrons. The van der Waals surface area contributed by atoms with Gasteiger partial charge in [-0.2, -0.15) is 0 Å². The maximum Gasteiger partial charge on any atom is 0.338 e. The molecular formula is C22H20N4O3S. The molecular weight excluding hydrogens is 400 g/mol. The maximum atomic E-state index is 12.3. The summed E-state index contributed by atoms with van der Waals surface area (Å²) >= 11 is 1.49. The van der Waals surface area contributed by atoms with Crippen molar-refractivity contribution in [2.75, 3.05) is 17.7 Å². The summed E-state index contributed by atoms with van der Waals surface area (Å²) in [6, 6.07) is 18.7. The first kappa shape index (κ1) is 19.9. The molecule has 1 amide bonds. The first-order valence-electron chi connectivity index (χ1n) is 9.58. The second-order valence-corrected chi connectivity index (χ2v) is 7.57. The summed E-state index contributed by atoms with van der Waals surface area (Å²) < 4.78 is 6.96. The van der Waals surface area contributed by atoms with Gasteiger partial charge < -0.3 is 10.1 Å². The van der Waals surface area contributed by atoms with E-state index in [9.17, 15) is 9.59 Å². The number of nitrogens with zero attached hydrogens (tertiary/aromatic N) is 3. The largest absolute Gasteiger partial charge is 0.462 e. The lowest BCUT2D eigenvalue weighted by atomic mass is 10.2. The minimum atomic E-state index is -0.375. The van der Waals surface area contributed by atoms with Gasteiger partial charge in [-0.25, -0.2) is 4.79 Å². The second kappa shape index (κ2) is 8.96. The highest BCUT2D eigenvalue weighted by atomic mass is 32.2. The maximum absolute atomic E-state index is 12.3. The van der Waals surface area contributed by atoms with Gasteiger partial charge in [0, 0.05) is 17.9 Å². The summed E-state index contributed by atoms with van der Waals surface area (Å²) in [5.74, 6) is 0.0847. The quantitative estimate of drug-likeness (QED) is 0.357. The van der Waals surface area contributed by atoms with Gasteiger partial charge in [0.05, 0.1) is 17.7 Å². The number of fused-ring (bicyclic) bond motifs is 3. The van der Waals surface area contributed by atoms with E-state index in [0.29, 0.717) is 30.0 Å². The lowest BCUT2D eigenvalue weighted by Gasteiger charge is -2.07. The van der Waals surface area contributed by atoms with E-state index in [4.69, 9.17) is 4.74 Å². The Bertz CT molecular complexity index is 1200. The molecule has 0 aliphatic rings. The molecule has 2 aromatic heterocycles. The third-order valence-corrected chi connectivity index (χ3v) is 5.42. The van der Waals surface area contributed by atoms with Crippen LogP contribution in [0.25, 0.3) is 16.6 Å². The fourth-order valence-corrected chi connectivity index (χ4v) is 3.96. The van der Waals surface area contributed by atoms with E-state index >= 15 is 0 Å². The number of thioether (sulfide) groups is 1. The number of aromatic nitrogens is 3. The summed E-state index contributed by atoms with van der Waals surface area (Å²) in [6.07, 6.45) is 0.323. The Morgan fingerprint density at radius 2 is 1.83 bits per heavy atom. The number of hydrogen-bond donors (Lipinski definition) is 1. The Kier molecular flexibility index (Phi) is 5.94. The van der Waals surface area contributed by atoms with Crippen molar-refractivity contribution in [2.45, 2.75) is 18.5 Å². The first-order chi connectivity index (χ1) is 14.7. The number of nitrogens with one attached hydrogen (secondary N) is 1. The molecule has 0 aliphatic carbocycles. The van der Waals surface area contributed by atoms with Crippen molar-refractivity contribution in [3.8, 4) is 0 Å². The number of hydrogen-bond acceptors (Lipinski definition) is 6. The van der Waals surface area contributed by atoms with Gasteiger partial charge in [0.25, 0.3) is 0 Å². The normalized spacial score (nSPS) is 11.0. The average Bonchev–Trinajstić information content (AvgIpc) is 3.18. The molecule has 0 saturated heterocycles. The smallest absolute Gasteiger partial charge is 0.338 e. The van der Waals surface area contributed by atoms with E-state index < -0.39 is 0 Å². The van der Waals surface area contributed by atoms with Crippen LogP contribution in [-0.4, -0.2) is 38.8 Å². The van der Waals surface area contributed by atoms with E-state index in [-0.39, 0.29) is 11.9 Å². The van der Waals surface area contributed by atoms with Gasteiger partial charge in [-0.05, 0) is 54.8 Å². The van der Waals surface area contributed by atoms with Gasteiger partial charge in [0.1, 0.15) is 0 Å². The lowest BCUT2D eigenvalue weighted by molar-refractivity contribution is -0.115. The Morgan fingerprint density at radius 3 is 2.63 bits per heavy atom. The molecule has 0 aliphatic heterocycles. The second-order valence-electron chi connectivity index (χ2n) is 6.51.